The van der Waals surface area contributed by atoms with E-state index in [-0.39, 0.29) is 54.7 Å². The number of benzene rings is 1. The van der Waals surface area contributed by atoms with Crippen LogP contribution in [0.1, 0.15) is 20.8 Å². The van der Waals surface area contributed by atoms with Gasteiger partial charge in [-0.1, -0.05) is 20.8 Å². The van der Waals surface area contributed by atoms with E-state index in [0.29, 0.717) is 6.54 Å². The van der Waals surface area contributed by atoms with Crippen molar-refractivity contribution in [1.82, 2.24) is 5.32 Å². The number of carbonyl (C=O) groups excluding carboxylic acids is 2. The van der Waals surface area contributed by atoms with Crippen molar-refractivity contribution in [2.45, 2.75) is 33.4 Å². The molecule has 1 fully saturated rings. The lowest BCUT2D eigenvalue weighted by molar-refractivity contribution is -0.125. The van der Waals surface area contributed by atoms with Gasteiger partial charge in [0, 0.05) is 31.4 Å². The zero-order valence-corrected chi connectivity index (χ0v) is 16.8. The molecule has 1 heterocycles. The van der Waals surface area contributed by atoms with Crippen LogP contribution >= 0.6 is 0 Å². The quantitative estimate of drug-likeness (QED) is 0.596. The van der Waals surface area contributed by atoms with Crippen LogP contribution in [0.25, 0.3) is 0 Å². The van der Waals surface area contributed by atoms with Gasteiger partial charge in [0.15, 0.2) is 5.75 Å². The second-order valence-corrected chi connectivity index (χ2v) is 7.88. The van der Waals surface area contributed by atoms with Crippen molar-refractivity contribution < 1.29 is 27.8 Å². The first-order valence-electron chi connectivity index (χ1n) is 9.32. The molecule has 1 aromatic carbocycles. The fraction of sp³-hybridized carbons (Fsp3) is 0.579. The van der Waals surface area contributed by atoms with Gasteiger partial charge in [-0.25, -0.2) is 0 Å². The van der Waals surface area contributed by atoms with Crippen molar-refractivity contribution in [3.8, 4) is 5.75 Å². The van der Waals surface area contributed by atoms with E-state index in [1.807, 2.05) is 20.8 Å². The van der Waals surface area contributed by atoms with Crippen LogP contribution in [-0.2, 0) is 14.3 Å². The lowest BCUT2D eigenvalue weighted by Crippen LogP contribution is -2.48. The Bertz CT molecular complexity index is 725. The van der Waals surface area contributed by atoms with Gasteiger partial charge in [-0.3, -0.25) is 9.59 Å². The Labute approximate surface area is 168 Å². The molecule has 8 nitrogen and oxygen atoms in total. The van der Waals surface area contributed by atoms with E-state index in [9.17, 15) is 18.4 Å². The minimum Gasteiger partial charge on any atom is -0.433 e. The monoisotopic (exact) mass is 414 g/mol. The lowest BCUT2D eigenvalue weighted by atomic mass is 9.96. The average Bonchev–Trinajstić information content (AvgIpc) is 2.62. The molecule has 1 atom stereocenters. The highest BCUT2D eigenvalue weighted by atomic mass is 19.3. The molecule has 1 saturated heterocycles. The van der Waals surface area contributed by atoms with E-state index in [4.69, 9.17) is 10.5 Å². The Morgan fingerprint density at radius 1 is 1.38 bits per heavy atom. The Morgan fingerprint density at radius 3 is 2.69 bits per heavy atom. The summed E-state index contributed by atoms with van der Waals surface area (Å²) in [5.41, 5.74) is 6.09. The molecule has 1 aromatic rings. The molecule has 0 aromatic heterocycles. The molecule has 0 bridgehead atoms. The number of rotatable bonds is 8. The van der Waals surface area contributed by atoms with Gasteiger partial charge in [0.25, 0.3) is 5.91 Å². The molecule has 0 aliphatic carbocycles. The zero-order valence-electron chi connectivity index (χ0n) is 16.8. The van der Waals surface area contributed by atoms with Crippen molar-refractivity contribution in [3.05, 3.63) is 18.2 Å². The molecule has 0 saturated carbocycles. The van der Waals surface area contributed by atoms with Crippen molar-refractivity contribution in [2.75, 3.05) is 43.1 Å². The van der Waals surface area contributed by atoms with Crippen molar-refractivity contribution in [3.63, 3.8) is 0 Å². The number of alkyl halides is 2. The average molecular weight is 414 g/mol. The summed E-state index contributed by atoms with van der Waals surface area (Å²) in [5.74, 6) is -0.961. The van der Waals surface area contributed by atoms with E-state index in [1.165, 1.54) is 23.1 Å². The highest BCUT2D eigenvalue weighted by Gasteiger charge is 2.25. The summed E-state index contributed by atoms with van der Waals surface area (Å²) >= 11 is 0. The van der Waals surface area contributed by atoms with Gasteiger partial charge in [-0.15, -0.1) is 0 Å². The molecule has 2 amide bonds. The molecular formula is C19H28F2N4O4. The highest BCUT2D eigenvalue weighted by Crippen LogP contribution is 2.33. The number of hydrogen-bond acceptors (Lipinski definition) is 6. The maximum Gasteiger partial charge on any atom is 0.387 e. The second kappa shape index (κ2) is 9.95. The molecule has 10 heteroatoms. The van der Waals surface area contributed by atoms with Crippen LogP contribution in [0.4, 0.5) is 20.2 Å². The number of nitrogens with one attached hydrogen (secondary N) is 2. The predicted molar refractivity (Wildman–Crippen MR) is 105 cm³/mol. The highest BCUT2D eigenvalue weighted by molar-refractivity contribution is 5.98. The van der Waals surface area contributed by atoms with Crippen LogP contribution in [0.15, 0.2) is 18.2 Å². The van der Waals surface area contributed by atoms with E-state index >= 15 is 0 Å². The number of hydrogen-bond donors (Lipinski definition) is 3. The Balaban J connectivity index is 2.18. The van der Waals surface area contributed by atoms with Gasteiger partial charge in [-0.05, 0) is 17.5 Å². The third-order valence-electron chi connectivity index (χ3n) is 4.15. The summed E-state index contributed by atoms with van der Waals surface area (Å²) in [7, 11) is 0. The minimum absolute atomic E-state index is 0.0433. The van der Waals surface area contributed by atoms with Gasteiger partial charge < -0.3 is 30.7 Å². The van der Waals surface area contributed by atoms with E-state index < -0.39 is 18.6 Å². The van der Waals surface area contributed by atoms with Crippen LogP contribution < -0.4 is 26.0 Å². The van der Waals surface area contributed by atoms with Crippen LogP contribution in [0.5, 0.6) is 5.75 Å². The van der Waals surface area contributed by atoms with Gasteiger partial charge >= 0.3 is 6.61 Å². The first-order chi connectivity index (χ1) is 13.6. The normalized spacial score (nSPS) is 16.1. The van der Waals surface area contributed by atoms with E-state index in [2.05, 4.69) is 15.4 Å². The Kier molecular flexibility index (Phi) is 7.88. The SMILES string of the molecule is CC(C)(C)CN[C@H](CN)C(=O)Nc1ccc(N2CCOCC2=O)c(OC(F)F)c1. The number of amides is 2. The van der Waals surface area contributed by atoms with Crippen LogP contribution in [0.2, 0.25) is 0 Å². The summed E-state index contributed by atoms with van der Waals surface area (Å²) in [5, 5.41) is 5.74. The molecule has 162 valence electrons. The molecular weight excluding hydrogens is 386 g/mol. The first kappa shape index (κ1) is 23.0. The fourth-order valence-corrected chi connectivity index (χ4v) is 2.72. The summed E-state index contributed by atoms with van der Waals surface area (Å²) in [6, 6.07) is 3.59. The smallest absolute Gasteiger partial charge is 0.387 e. The van der Waals surface area contributed by atoms with E-state index in [1.54, 1.807) is 0 Å². The molecule has 1 aliphatic heterocycles. The number of halogens is 2. The molecule has 0 unspecified atom stereocenters. The zero-order chi connectivity index (χ0) is 21.6. The van der Waals surface area contributed by atoms with Gasteiger partial charge in [-0.2, -0.15) is 8.78 Å². The van der Waals surface area contributed by atoms with Crippen molar-refractivity contribution in [1.29, 1.82) is 0 Å². The number of nitrogens with two attached hydrogens (primary N) is 1. The minimum atomic E-state index is -3.08. The van der Waals surface area contributed by atoms with Gasteiger partial charge in [0.1, 0.15) is 6.61 Å². The second-order valence-electron chi connectivity index (χ2n) is 7.88. The Hall–Kier alpha value is -2.30. The van der Waals surface area contributed by atoms with E-state index in [0.717, 1.165) is 0 Å². The molecule has 1 aliphatic rings. The van der Waals surface area contributed by atoms with Gasteiger partial charge in [0.2, 0.25) is 5.91 Å². The fourth-order valence-electron chi connectivity index (χ4n) is 2.72. The molecule has 0 spiro atoms. The van der Waals surface area contributed by atoms with Gasteiger partial charge in [0.05, 0.1) is 18.3 Å². The van der Waals surface area contributed by atoms with Crippen molar-refractivity contribution >= 4 is 23.2 Å². The first-order valence-corrected chi connectivity index (χ1v) is 9.32. The number of carbonyl (C=O) groups is 2. The lowest BCUT2D eigenvalue weighted by Gasteiger charge is -2.28. The van der Waals surface area contributed by atoms with Crippen molar-refractivity contribution in [2.24, 2.45) is 11.1 Å². The number of ether oxygens (including phenoxy) is 2. The topological polar surface area (TPSA) is 106 Å². The summed E-state index contributed by atoms with van der Waals surface area (Å²) in [6.45, 7) is 3.99. The number of nitrogens with zero attached hydrogens (tertiary/aromatic N) is 1. The molecule has 0 radical (unpaired) electrons. The molecule has 29 heavy (non-hydrogen) atoms. The molecule has 4 N–H and O–H groups in total. The summed E-state index contributed by atoms with van der Waals surface area (Å²) in [6.07, 6.45) is 0. The van der Waals surface area contributed by atoms with Crippen LogP contribution in [0.3, 0.4) is 0 Å². The predicted octanol–water partition coefficient (Wildman–Crippen LogP) is 1.55. The number of anilines is 2. The summed E-state index contributed by atoms with van der Waals surface area (Å²) < 4.78 is 35.4. The standard InChI is InChI=1S/C19H28F2N4O4/c1-19(2,3)11-23-13(9-22)17(27)24-12-4-5-14(15(8-12)29-18(20)21)25-6-7-28-10-16(25)26/h4-5,8,13,18,23H,6-7,9-11,22H2,1-3H3,(H,24,27)/t13-/m1/s1. The third kappa shape index (κ3) is 6.91. The summed E-state index contributed by atoms with van der Waals surface area (Å²) in [4.78, 5) is 25.9. The van der Waals surface area contributed by atoms with Crippen LogP contribution in [-0.4, -0.2) is 57.3 Å². The molecule has 2 rings (SSSR count). The maximum absolute atomic E-state index is 12.9. The third-order valence-corrected chi connectivity index (χ3v) is 4.15. The number of morpholine rings is 1. The van der Waals surface area contributed by atoms with Crippen LogP contribution in [0, 0.1) is 5.41 Å². The largest absolute Gasteiger partial charge is 0.433 e. The maximum atomic E-state index is 12.9. The Morgan fingerprint density at radius 2 is 2.10 bits per heavy atom.